The Morgan fingerprint density at radius 2 is 2.58 bits per heavy atom. The monoisotopic (exact) mass is 187 g/mol. The van der Waals surface area contributed by atoms with Crippen molar-refractivity contribution >= 4 is 11.5 Å². The molecule has 1 unspecified atom stereocenters. The van der Waals surface area contributed by atoms with Crippen LogP contribution in [0.1, 0.15) is 24.3 Å². The molecule has 0 fully saturated rings. The molecule has 5 heteroatoms. The van der Waals surface area contributed by atoms with Crippen LogP contribution in [0, 0.1) is 0 Å². The second-order valence-corrected chi connectivity index (χ2v) is 3.32. The largest absolute Gasteiger partial charge is 0.379 e. The summed E-state index contributed by atoms with van der Waals surface area (Å²) in [6.45, 7) is 3.39. The van der Waals surface area contributed by atoms with Gasteiger partial charge in [-0.15, -0.1) is 5.10 Å². The van der Waals surface area contributed by atoms with Crippen LogP contribution in [0.4, 0.5) is 0 Å². The molecule has 1 heterocycles. The highest BCUT2D eigenvalue weighted by atomic mass is 32.1. The quantitative estimate of drug-likeness (QED) is 0.698. The van der Waals surface area contributed by atoms with Gasteiger partial charge in [0.1, 0.15) is 0 Å². The van der Waals surface area contributed by atoms with Gasteiger partial charge in [-0.05, 0) is 18.0 Å². The van der Waals surface area contributed by atoms with Crippen LogP contribution < -0.4 is 5.73 Å². The molecule has 12 heavy (non-hydrogen) atoms. The van der Waals surface area contributed by atoms with Crippen LogP contribution in [0.5, 0.6) is 0 Å². The standard InChI is InChI=1S/C7H13N3OS/c1-2-3-11-5-6(8)7-4-9-10-12-7/h4,6H,2-3,5,8H2,1H3. The molecular formula is C7H13N3OS. The lowest BCUT2D eigenvalue weighted by Crippen LogP contribution is -2.16. The zero-order valence-electron chi connectivity index (χ0n) is 7.06. The van der Waals surface area contributed by atoms with E-state index in [0.29, 0.717) is 6.61 Å². The maximum Gasteiger partial charge on any atom is 0.0670 e. The van der Waals surface area contributed by atoms with E-state index in [0.717, 1.165) is 17.9 Å². The van der Waals surface area contributed by atoms with E-state index in [9.17, 15) is 0 Å². The number of aromatic nitrogens is 2. The fourth-order valence-electron chi connectivity index (χ4n) is 0.775. The molecule has 1 atom stereocenters. The second-order valence-electron chi connectivity index (χ2n) is 2.50. The molecule has 1 rings (SSSR count). The molecule has 2 N–H and O–H groups in total. The molecule has 0 aliphatic carbocycles. The normalized spacial score (nSPS) is 13.2. The summed E-state index contributed by atoms with van der Waals surface area (Å²) in [5, 5.41) is 3.70. The van der Waals surface area contributed by atoms with Crippen LogP contribution in [-0.4, -0.2) is 22.8 Å². The van der Waals surface area contributed by atoms with E-state index >= 15 is 0 Å². The molecule has 1 aromatic heterocycles. The molecule has 0 aromatic carbocycles. The Balaban J connectivity index is 2.25. The minimum atomic E-state index is -0.0726. The number of rotatable bonds is 5. The van der Waals surface area contributed by atoms with E-state index in [-0.39, 0.29) is 6.04 Å². The highest BCUT2D eigenvalue weighted by Crippen LogP contribution is 2.12. The predicted octanol–water partition coefficient (Wildman–Crippen LogP) is 0.964. The van der Waals surface area contributed by atoms with Crippen molar-refractivity contribution in [3.05, 3.63) is 11.1 Å². The Bertz CT molecular complexity index is 202. The summed E-state index contributed by atoms with van der Waals surface area (Å²) >= 11 is 1.32. The third kappa shape index (κ3) is 2.84. The third-order valence-corrected chi connectivity index (χ3v) is 2.18. The summed E-state index contributed by atoms with van der Waals surface area (Å²) in [4.78, 5) is 0.978. The van der Waals surface area contributed by atoms with Gasteiger partial charge in [-0.2, -0.15) is 0 Å². The van der Waals surface area contributed by atoms with E-state index in [2.05, 4.69) is 16.5 Å². The molecular weight excluding hydrogens is 174 g/mol. The SMILES string of the molecule is CCCOCC(N)c1cnns1. The van der Waals surface area contributed by atoms with Gasteiger partial charge in [0.25, 0.3) is 0 Å². The van der Waals surface area contributed by atoms with Gasteiger partial charge in [0, 0.05) is 6.61 Å². The summed E-state index contributed by atoms with van der Waals surface area (Å²) < 4.78 is 9.02. The molecule has 0 saturated carbocycles. The molecule has 0 saturated heterocycles. The van der Waals surface area contributed by atoms with Gasteiger partial charge < -0.3 is 10.5 Å². The molecule has 1 aromatic rings. The third-order valence-electron chi connectivity index (χ3n) is 1.39. The zero-order chi connectivity index (χ0) is 8.81. The fraction of sp³-hybridized carbons (Fsp3) is 0.714. The Labute approximate surface area is 75.9 Å². The number of hydrogen-bond acceptors (Lipinski definition) is 5. The van der Waals surface area contributed by atoms with Gasteiger partial charge in [0.05, 0.1) is 23.7 Å². The smallest absolute Gasteiger partial charge is 0.0670 e. The molecule has 0 aliphatic heterocycles. The van der Waals surface area contributed by atoms with Crippen molar-refractivity contribution in [2.45, 2.75) is 19.4 Å². The van der Waals surface area contributed by atoms with E-state index in [4.69, 9.17) is 10.5 Å². The number of ether oxygens (including phenoxy) is 1. The molecule has 4 nitrogen and oxygen atoms in total. The first kappa shape index (κ1) is 9.57. The van der Waals surface area contributed by atoms with Crippen LogP contribution in [0.25, 0.3) is 0 Å². The molecule has 0 spiro atoms. The lowest BCUT2D eigenvalue weighted by molar-refractivity contribution is 0.122. The van der Waals surface area contributed by atoms with Crippen molar-refractivity contribution in [1.29, 1.82) is 0 Å². The van der Waals surface area contributed by atoms with Crippen molar-refractivity contribution in [3.63, 3.8) is 0 Å². The van der Waals surface area contributed by atoms with Crippen molar-refractivity contribution in [2.75, 3.05) is 13.2 Å². The maximum atomic E-state index is 5.79. The lowest BCUT2D eigenvalue weighted by Gasteiger charge is -2.07. The number of nitrogens with two attached hydrogens (primary N) is 1. The van der Waals surface area contributed by atoms with Crippen LogP contribution in [-0.2, 0) is 4.74 Å². The van der Waals surface area contributed by atoms with Crippen LogP contribution >= 0.6 is 11.5 Å². The highest BCUT2D eigenvalue weighted by Gasteiger charge is 2.07. The fourth-order valence-corrected chi connectivity index (χ4v) is 1.26. The summed E-state index contributed by atoms with van der Waals surface area (Å²) in [7, 11) is 0. The van der Waals surface area contributed by atoms with Gasteiger partial charge in [0.15, 0.2) is 0 Å². The minimum Gasteiger partial charge on any atom is -0.379 e. The predicted molar refractivity (Wildman–Crippen MR) is 47.9 cm³/mol. The zero-order valence-corrected chi connectivity index (χ0v) is 7.88. The lowest BCUT2D eigenvalue weighted by atomic mass is 10.3. The number of hydrogen-bond donors (Lipinski definition) is 1. The van der Waals surface area contributed by atoms with E-state index in [1.165, 1.54) is 11.5 Å². The maximum absolute atomic E-state index is 5.79. The van der Waals surface area contributed by atoms with Crippen molar-refractivity contribution in [3.8, 4) is 0 Å². The Morgan fingerprint density at radius 3 is 3.17 bits per heavy atom. The van der Waals surface area contributed by atoms with E-state index < -0.39 is 0 Å². The van der Waals surface area contributed by atoms with Gasteiger partial charge in [-0.1, -0.05) is 11.4 Å². The molecule has 0 radical (unpaired) electrons. The average molecular weight is 187 g/mol. The van der Waals surface area contributed by atoms with Crippen molar-refractivity contribution < 1.29 is 4.74 Å². The first-order valence-electron chi connectivity index (χ1n) is 3.95. The highest BCUT2D eigenvalue weighted by molar-refractivity contribution is 7.05. The Morgan fingerprint density at radius 1 is 1.75 bits per heavy atom. The molecule has 68 valence electrons. The summed E-state index contributed by atoms with van der Waals surface area (Å²) in [5.74, 6) is 0. The van der Waals surface area contributed by atoms with Crippen LogP contribution in [0.2, 0.25) is 0 Å². The summed E-state index contributed by atoms with van der Waals surface area (Å²) in [5.41, 5.74) is 5.79. The van der Waals surface area contributed by atoms with Crippen LogP contribution in [0.15, 0.2) is 6.20 Å². The minimum absolute atomic E-state index is 0.0726. The van der Waals surface area contributed by atoms with E-state index in [1.807, 2.05) is 0 Å². The van der Waals surface area contributed by atoms with Crippen LogP contribution in [0.3, 0.4) is 0 Å². The number of nitrogens with zero attached hydrogens (tertiary/aromatic N) is 2. The second kappa shape index (κ2) is 5.18. The summed E-state index contributed by atoms with van der Waals surface area (Å²) in [6, 6.07) is -0.0726. The summed E-state index contributed by atoms with van der Waals surface area (Å²) in [6.07, 6.45) is 2.71. The van der Waals surface area contributed by atoms with Gasteiger partial charge in [-0.25, -0.2) is 0 Å². The topological polar surface area (TPSA) is 61.0 Å². The average Bonchev–Trinajstić information content (AvgIpc) is 2.56. The van der Waals surface area contributed by atoms with E-state index in [1.54, 1.807) is 6.20 Å². The van der Waals surface area contributed by atoms with Crippen molar-refractivity contribution in [2.24, 2.45) is 5.73 Å². The van der Waals surface area contributed by atoms with Crippen molar-refractivity contribution in [1.82, 2.24) is 9.59 Å². The first-order chi connectivity index (χ1) is 5.84. The first-order valence-corrected chi connectivity index (χ1v) is 4.72. The Hall–Kier alpha value is -0.520. The van der Waals surface area contributed by atoms with Gasteiger partial charge >= 0.3 is 0 Å². The van der Waals surface area contributed by atoms with Gasteiger partial charge in [-0.3, -0.25) is 0 Å². The molecule has 0 amide bonds. The van der Waals surface area contributed by atoms with Gasteiger partial charge in [0.2, 0.25) is 0 Å². The molecule has 0 bridgehead atoms. The Kier molecular flexibility index (Phi) is 4.13. The molecule has 0 aliphatic rings.